The molecule has 0 amide bonds. The Bertz CT molecular complexity index is 451. The van der Waals surface area contributed by atoms with Gasteiger partial charge in [0.05, 0.1) is 6.61 Å². The summed E-state index contributed by atoms with van der Waals surface area (Å²) in [5.74, 6) is 1.08. The third kappa shape index (κ3) is 2.58. The van der Waals surface area contributed by atoms with Crippen molar-refractivity contribution in [2.75, 3.05) is 13.4 Å². The Kier molecular flexibility index (Phi) is 3.32. The molecule has 0 fully saturated rings. The second kappa shape index (κ2) is 4.91. The molecule has 1 aliphatic heterocycles. The molecule has 0 saturated heterocycles. The predicted octanol–water partition coefficient (Wildman–Crippen LogP) is 2.08. The zero-order valence-corrected chi connectivity index (χ0v) is 9.69. The van der Waals surface area contributed by atoms with Crippen LogP contribution in [0.3, 0.4) is 0 Å². The van der Waals surface area contributed by atoms with Crippen LogP contribution in [0.2, 0.25) is 0 Å². The highest BCUT2D eigenvalue weighted by molar-refractivity contribution is 5.88. The SMILES string of the molecule is C=C(Cc1ccc2c(c1)OCO2)C(=O)OCC. The second-order valence-corrected chi connectivity index (χ2v) is 3.69. The van der Waals surface area contributed by atoms with Gasteiger partial charge in [-0.2, -0.15) is 0 Å². The third-order valence-electron chi connectivity index (χ3n) is 2.42. The molecule has 0 bridgehead atoms. The molecule has 0 aromatic heterocycles. The zero-order valence-electron chi connectivity index (χ0n) is 9.69. The standard InChI is InChI=1S/C13H14O4/c1-3-15-13(14)9(2)6-10-4-5-11-12(7-10)17-8-16-11/h4-5,7H,2-3,6,8H2,1H3. The van der Waals surface area contributed by atoms with Gasteiger partial charge >= 0.3 is 5.97 Å². The fourth-order valence-electron chi connectivity index (χ4n) is 1.60. The normalized spacial score (nSPS) is 12.3. The Morgan fingerprint density at radius 3 is 2.94 bits per heavy atom. The van der Waals surface area contributed by atoms with Gasteiger partial charge in [0, 0.05) is 12.0 Å². The van der Waals surface area contributed by atoms with E-state index >= 15 is 0 Å². The van der Waals surface area contributed by atoms with Gasteiger partial charge in [-0.1, -0.05) is 12.6 Å². The predicted molar refractivity (Wildman–Crippen MR) is 62.0 cm³/mol. The van der Waals surface area contributed by atoms with E-state index in [4.69, 9.17) is 14.2 Å². The molecule has 0 radical (unpaired) electrons. The summed E-state index contributed by atoms with van der Waals surface area (Å²) < 4.78 is 15.3. The van der Waals surface area contributed by atoms with Gasteiger partial charge in [-0.05, 0) is 24.6 Å². The molecule has 4 nitrogen and oxygen atoms in total. The number of benzene rings is 1. The molecule has 0 saturated carbocycles. The number of hydrogen-bond donors (Lipinski definition) is 0. The van der Waals surface area contributed by atoms with E-state index < -0.39 is 0 Å². The Balaban J connectivity index is 2.04. The monoisotopic (exact) mass is 234 g/mol. The molecule has 0 atom stereocenters. The van der Waals surface area contributed by atoms with Crippen molar-refractivity contribution in [1.29, 1.82) is 0 Å². The molecule has 17 heavy (non-hydrogen) atoms. The average Bonchev–Trinajstić information content (AvgIpc) is 2.76. The van der Waals surface area contributed by atoms with Crippen molar-refractivity contribution in [3.63, 3.8) is 0 Å². The van der Waals surface area contributed by atoms with E-state index in [2.05, 4.69) is 6.58 Å². The summed E-state index contributed by atoms with van der Waals surface area (Å²) in [4.78, 5) is 11.4. The number of esters is 1. The topological polar surface area (TPSA) is 44.8 Å². The lowest BCUT2D eigenvalue weighted by molar-refractivity contribution is -0.138. The van der Waals surface area contributed by atoms with E-state index in [0.717, 1.165) is 11.3 Å². The molecule has 1 aromatic rings. The first-order chi connectivity index (χ1) is 8.20. The van der Waals surface area contributed by atoms with E-state index in [-0.39, 0.29) is 12.8 Å². The van der Waals surface area contributed by atoms with E-state index in [1.54, 1.807) is 6.92 Å². The molecule has 1 heterocycles. The minimum Gasteiger partial charge on any atom is -0.463 e. The van der Waals surface area contributed by atoms with Gasteiger partial charge in [0.25, 0.3) is 0 Å². The Hall–Kier alpha value is -1.97. The summed E-state index contributed by atoms with van der Waals surface area (Å²) in [6.07, 6.45) is 0.454. The van der Waals surface area contributed by atoms with Crippen molar-refractivity contribution < 1.29 is 19.0 Å². The fourth-order valence-corrected chi connectivity index (χ4v) is 1.60. The van der Waals surface area contributed by atoms with Gasteiger partial charge < -0.3 is 14.2 Å². The van der Waals surface area contributed by atoms with E-state index in [0.29, 0.717) is 24.4 Å². The van der Waals surface area contributed by atoms with Crippen LogP contribution in [-0.2, 0) is 16.0 Å². The molecule has 0 N–H and O–H groups in total. The molecule has 1 aromatic carbocycles. The van der Waals surface area contributed by atoms with Crippen LogP contribution in [0.25, 0.3) is 0 Å². The number of ether oxygens (including phenoxy) is 3. The highest BCUT2D eigenvalue weighted by Crippen LogP contribution is 2.32. The first kappa shape index (κ1) is 11.5. The van der Waals surface area contributed by atoms with E-state index in [1.165, 1.54) is 0 Å². The molecular formula is C13H14O4. The molecule has 0 aliphatic carbocycles. The average molecular weight is 234 g/mol. The van der Waals surface area contributed by atoms with E-state index in [9.17, 15) is 4.79 Å². The van der Waals surface area contributed by atoms with Gasteiger partial charge in [-0.3, -0.25) is 0 Å². The highest BCUT2D eigenvalue weighted by Gasteiger charge is 2.15. The molecular weight excluding hydrogens is 220 g/mol. The van der Waals surface area contributed by atoms with Crippen molar-refractivity contribution in [1.82, 2.24) is 0 Å². The van der Waals surface area contributed by atoms with Crippen LogP contribution in [0, 0.1) is 0 Å². The van der Waals surface area contributed by atoms with Crippen molar-refractivity contribution in [3.8, 4) is 11.5 Å². The third-order valence-corrected chi connectivity index (χ3v) is 2.42. The van der Waals surface area contributed by atoms with Crippen LogP contribution in [0.5, 0.6) is 11.5 Å². The first-order valence-corrected chi connectivity index (χ1v) is 5.44. The summed E-state index contributed by atoms with van der Waals surface area (Å²) in [7, 11) is 0. The number of carbonyl (C=O) groups is 1. The van der Waals surface area contributed by atoms with Gasteiger partial charge in [-0.25, -0.2) is 4.79 Å². The summed E-state index contributed by atoms with van der Waals surface area (Å²) in [5, 5.41) is 0. The van der Waals surface area contributed by atoms with Crippen LogP contribution in [0.4, 0.5) is 0 Å². The number of carbonyl (C=O) groups excluding carboxylic acids is 1. The molecule has 4 heteroatoms. The lowest BCUT2D eigenvalue weighted by Crippen LogP contribution is -2.08. The van der Waals surface area contributed by atoms with Crippen LogP contribution >= 0.6 is 0 Å². The maximum atomic E-state index is 11.4. The van der Waals surface area contributed by atoms with E-state index in [1.807, 2.05) is 18.2 Å². The summed E-state index contributed by atoms with van der Waals surface area (Å²) in [5.41, 5.74) is 1.39. The lowest BCUT2D eigenvalue weighted by atomic mass is 10.1. The first-order valence-electron chi connectivity index (χ1n) is 5.44. The molecule has 0 unspecified atom stereocenters. The van der Waals surface area contributed by atoms with Crippen molar-refractivity contribution >= 4 is 5.97 Å². The van der Waals surface area contributed by atoms with Crippen molar-refractivity contribution in [2.45, 2.75) is 13.3 Å². The Labute approximate surface area is 99.8 Å². The second-order valence-electron chi connectivity index (χ2n) is 3.69. The molecule has 1 aliphatic rings. The van der Waals surface area contributed by atoms with Gasteiger partial charge in [0.2, 0.25) is 6.79 Å². The minimum absolute atomic E-state index is 0.248. The fraction of sp³-hybridized carbons (Fsp3) is 0.308. The summed E-state index contributed by atoms with van der Waals surface area (Å²) in [6.45, 7) is 6.09. The minimum atomic E-state index is -0.356. The van der Waals surface area contributed by atoms with Gasteiger partial charge in [0.15, 0.2) is 11.5 Å². The van der Waals surface area contributed by atoms with Gasteiger partial charge in [-0.15, -0.1) is 0 Å². The van der Waals surface area contributed by atoms with Crippen LogP contribution in [0.1, 0.15) is 12.5 Å². The molecule has 2 rings (SSSR count). The number of rotatable bonds is 4. The maximum absolute atomic E-state index is 11.4. The van der Waals surface area contributed by atoms with Crippen molar-refractivity contribution in [2.24, 2.45) is 0 Å². The zero-order chi connectivity index (χ0) is 12.3. The maximum Gasteiger partial charge on any atom is 0.333 e. The molecule has 0 spiro atoms. The largest absolute Gasteiger partial charge is 0.463 e. The van der Waals surface area contributed by atoms with Crippen LogP contribution < -0.4 is 9.47 Å². The van der Waals surface area contributed by atoms with Crippen LogP contribution in [0.15, 0.2) is 30.4 Å². The van der Waals surface area contributed by atoms with Crippen molar-refractivity contribution in [3.05, 3.63) is 35.9 Å². The summed E-state index contributed by atoms with van der Waals surface area (Å²) in [6, 6.07) is 5.57. The number of hydrogen-bond acceptors (Lipinski definition) is 4. The Morgan fingerprint density at radius 1 is 1.41 bits per heavy atom. The quantitative estimate of drug-likeness (QED) is 0.591. The highest BCUT2D eigenvalue weighted by atomic mass is 16.7. The summed E-state index contributed by atoms with van der Waals surface area (Å²) >= 11 is 0. The smallest absolute Gasteiger partial charge is 0.333 e. The lowest BCUT2D eigenvalue weighted by Gasteiger charge is -2.06. The molecule has 90 valence electrons. The number of fused-ring (bicyclic) bond motifs is 1. The van der Waals surface area contributed by atoms with Gasteiger partial charge in [0.1, 0.15) is 0 Å². The Morgan fingerprint density at radius 2 is 2.18 bits per heavy atom. The van der Waals surface area contributed by atoms with Crippen LogP contribution in [-0.4, -0.2) is 19.4 Å².